The highest BCUT2D eigenvalue weighted by atomic mass is 16.1. The summed E-state index contributed by atoms with van der Waals surface area (Å²) < 4.78 is 0. The van der Waals surface area contributed by atoms with Gasteiger partial charge >= 0.3 is 0 Å². The van der Waals surface area contributed by atoms with Crippen molar-refractivity contribution >= 4 is 17.1 Å². The highest BCUT2D eigenvalue weighted by Gasteiger charge is 2.03. The first-order valence-electron chi connectivity index (χ1n) is 3.37. The number of hydrogen-bond donors (Lipinski definition) is 2. The van der Waals surface area contributed by atoms with E-state index in [1.54, 1.807) is 12.1 Å². The van der Waals surface area contributed by atoms with Crippen molar-refractivity contribution in [1.29, 1.82) is 0 Å². The Morgan fingerprint density at radius 1 is 1.50 bits per heavy atom. The van der Waals surface area contributed by atoms with Gasteiger partial charge in [-0.05, 0) is 12.1 Å². The molecule has 3 N–H and O–H groups in total. The van der Waals surface area contributed by atoms with E-state index in [1.807, 2.05) is 0 Å². The zero-order valence-electron chi connectivity index (χ0n) is 6.11. The molecule has 5 nitrogen and oxygen atoms in total. The van der Waals surface area contributed by atoms with E-state index in [1.165, 1.54) is 6.33 Å². The van der Waals surface area contributed by atoms with E-state index in [9.17, 15) is 4.79 Å². The van der Waals surface area contributed by atoms with E-state index in [0.29, 0.717) is 5.65 Å². The zero-order valence-corrected chi connectivity index (χ0v) is 6.11. The molecule has 0 bridgehead atoms. The topological polar surface area (TPSA) is 84.7 Å². The van der Waals surface area contributed by atoms with Crippen LogP contribution in [-0.2, 0) is 0 Å². The Morgan fingerprint density at radius 2 is 2.33 bits per heavy atom. The number of nitrogens with zero attached hydrogens (tertiary/aromatic N) is 2. The molecule has 2 rings (SSSR count). The van der Waals surface area contributed by atoms with E-state index in [0.717, 1.165) is 5.52 Å². The van der Waals surface area contributed by atoms with Gasteiger partial charge in [-0.3, -0.25) is 4.79 Å². The van der Waals surface area contributed by atoms with Crippen molar-refractivity contribution in [2.75, 3.05) is 0 Å². The van der Waals surface area contributed by atoms with Crippen LogP contribution in [0.3, 0.4) is 0 Å². The first-order valence-corrected chi connectivity index (χ1v) is 3.37. The van der Waals surface area contributed by atoms with Crippen LogP contribution in [0.15, 0.2) is 18.5 Å². The predicted molar refractivity (Wildman–Crippen MR) is 42.4 cm³/mol. The first-order chi connectivity index (χ1) is 5.77. The molecule has 0 radical (unpaired) electrons. The second kappa shape index (κ2) is 2.30. The maximum atomic E-state index is 10.7. The van der Waals surface area contributed by atoms with Crippen molar-refractivity contribution in [3.63, 3.8) is 0 Å². The third kappa shape index (κ3) is 0.914. The molecule has 0 aliphatic carbocycles. The summed E-state index contributed by atoms with van der Waals surface area (Å²) in [6.45, 7) is 0. The van der Waals surface area contributed by atoms with Gasteiger partial charge in [0.25, 0.3) is 5.91 Å². The third-order valence-electron chi connectivity index (χ3n) is 1.53. The minimum Gasteiger partial charge on any atom is -0.364 e. The van der Waals surface area contributed by atoms with Crippen LogP contribution < -0.4 is 5.73 Å². The number of rotatable bonds is 1. The van der Waals surface area contributed by atoms with Gasteiger partial charge in [0.05, 0.1) is 6.33 Å². The SMILES string of the molecule is NC(=O)c1ccc2nc[nH]c2n1. The van der Waals surface area contributed by atoms with E-state index < -0.39 is 5.91 Å². The molecular formula is C7H6N4O. The Kier molecular flexibility index (Phi) is 1.30. The number of carbonyl (C=O) groups is 1. The van der Waals surface area contributed by atoms with Crippen LogP contribution in [-0.4, -0.2) is 20.9 Å². The Balaban J connectivity index is 2.68. The van der Waals surface area contributed by atoms with Crippen LogP contribution in [0, 0.1) is 0 Å². The molecule has 12 heavy (non-hydrogen) atoms. The lowest BCUT2D eigenvalue weighted by Gasteiger charge is -1.92. The second-order valence-corrected chi connectivity index (χ2v) is 2.33. The summed E-state index contributed by atoms with van der Waals surface area (Å²) in [6, 6.07) is 3.24. The summed E-state index contributed by atoms with van der Waals surface area (Å²) >= 11 is 0. The normalized spacial score (nSPS) is 10.3. The van der Waals surface area contributed by atoms with Gasteiger partial charge < -0.3 is 10.7 Å². The van der Waals surface area contributed by atoms with Crippen LogP contribution in [0.1, 0.15) is 10.5 Å². The Labute approximate surface area is 67.6 Å². The van der Waals surface area contributed by atoms with Gasteiger partial charge in [-0.1, -0.05) is 0 Å². The van der Waals surface area contributed by atoms with E-state index >= 15 is 0 Å². The highest BCUT2D eigenvalue weighted by molar-refractivity contribution is 5.92. The number of amides is 1. The lowest BCUT2D eigenvalue weighted by molar-refractivity contribution is 0.0996. The van der Waals surface area contributed by atoms with Crippen LogP contribution in [0.25, 0.3) is 11.2 Å². The molecule has 0 atom stereocenters. The summed E-state index contributed by atoms with van der Waals surface area (Å²) in [4.78, 5) is 21.4. The minimum absolute atomic E-state index is 0.242. The summed E-state index contributed by atoms with van der Waals surface area (Å²) in [6.07, 6.45) is 1.52. The van der Waals surface area contributed by atoms with Crippen LogP contribution in [0.5, 0.6) is 0 Å². The number of hydrogen-bond acceptors (Lipinski definition) is 3. The van der Waals surface area contributed by atoms with Gasteiger partial charge in [0.2, 0.25) is 0 Å². The Hall–Kier alpha value is -1.91. The average molecular weight is 162 g/mol. The molecule has 0 aliphatic rings. The minimum atomic E-state index is -0.536. The standard InChI is InChI=1S/C7H6N4O/c8-6(12)4-1-2-5-7(11-4)10-3-9-5/h1-3H,(H2,8,12)(H,9,10,11). The fraction of sp³-hybridized carbons (Fsp3) is 0. The fourth-order valence-electron chi connectivity index (χ4n) is 0.962. The van der Waals surface area contributed by atoms with Crippen molar-refractivity contribution in [3.8, 4) is 0 Å². The largest absolute Gasteiger partial charge is 0.364 e. The molecule has 2 heterocycles. The van der Waals surface area contributed by atoms with Crippen molar-refractivity contribution in [2.45, 2.75) is 0 Å². The van der Waals surface area contributed by atoms with Crippen LogP contribution in [0.2, 0.25) is 0 Å². The number of pyridine rings is 1. The van der Waals surface area contributed by atoms with Crippen LogP contribution >= 0.6 is 0 Å². The number of fused-ring (bicyclic) bond motifs is 1. The van der Waals surface area contributed by atoms with Gasteiger partial charge in [-0.2, -0.15) is 0 Å². The lowest BCUT2D eigenvalue weighted by Crippen LogP contribution is -2.12. The van der Waals surface area contributed by atoms with Gasteiger partial charge in [-0.15, -0.1) is 0 Å². The van der Waals surface area contributed by atoms with Crippen molar-refractivity contribution in [1.82, 2.24) is 15.0 Å². The summed E-state index contributed by atoms with van der Waals surface area (Å²) in [7, 11) is 0. The summed E-state index contributed by atoms with van der Waals surface area (Å²) in [5.41, 5.74) is 6.58. The highest BCUT2D eigenvalue weighted by Crippen LogP contribution is 2.05. The smallest absolute Gasteiger partial charge is 0.267 e. The van der Waals surface area contributed by atoms with Crippen molar-refractivity contribution < 1.29 is 4.79 Å². The summed E-state index contributed by atoms with van der Waals surface area (Å²) in [5, 5.41) is 0. The molecule has 0 aromatic carbocycles. The van der Waals surface area contributed by atoms with Gasteiger partial charge in [0.15, 0.2) is 5.65 Å². The predicted octanol–water partition coefficient (Wildman–Crippen LogP) is 0.0568. The number of nitrogens with one attached hydrogen (secondary N) is 1. The van der Waals surface area contributed by atoms with Gasteiger partial charge in [-0.25, -0.2) is 9.97 Å². The van der Waals surface area contributed by atoms with Crippen LogP contribution in [0.4, 0.5) is 0 Å². The van der Waals surface area contributed by atoms with Gasteiger partial charge in [0, 0.05) is 0 Å². The number of carbonyl (C=O) groups excluding carboxylic acids is 1. The van der Waals surface area contributed by atoms with Crippen molar-refractivity contribution in [3.05, 3.63) is 24.2 Å². The molecule has 0 saturated heterocycles. The molecule has 1 amide bonds. The number of H-pyrrole nitrogens is 1. The third-order valence-corrected chi connectivity index (χ3v) is 1.53. The Bertz CT molecular complexity index is 434. The monoisotopic (exact) mass is 162 g/mol. The second-order valence-electron chi connectivity index (χ2n) is 2.33. The number of aromatic nitrogens is 3. The molecule has 60 valence electrons. The lowest BCUT2D eigenvalue weighted by atomic mass is 10.3. The number of primary amides is 1. The average Bonchev–Trinajstić information content (AvgIpc) is 2.49. The van der Waals surface area contributed by atoms with E-state index in [-0.39, 0.29) is 5.69 Å². The molecule has 2 aromatic rings. The molecule has 0 fully saturated rings. The number of aromatic amines is 1. The molecular weight excluding hydrogens is 156 g/mol. The van der Waals surface area contributed by atoms with E-state index in [2.05, 4.69) is 15.0 Å². The molecule has 0 saturated carbocycles. The molecule has 2 aromatic heterocycles. The maximum Gasteiger partial charge on any atom is 0.267 e. The first kappa shape index (κ1) is 6.78. The zero-order chi connectivity index (χ0) is 8.55. The molecule has 5 heteroatoms. The fourth-order valence-corrected chi connectivity index (χ4v) is 0.962. The summed E-state index contributed by atoms with van der Waals surface area (Å²) in [5.74, 6) is -0.536. The molecule has 0 unspecified atom stereocenters. The Morgan fingerprint density at radius 3 is 3.08 bits per heavy atom. The van der Waals surface area contributed by atoms with Crippen molar-refractivity contribution in [2.24, 2.45) is 5.73 Å². The molecule has 0 spiro atoms. The number of imidazole rings is 1. The maximum absolute atomic E-state index is 10.7. The van der Waals surface area contributed by atoms with Gasteiger partial charge in [0.1, 0.15) is 11.2 Å². The van der Waals surface area contributed by atoms with E-state index in [4.69, 9.17) is 5.73 Å². The quantitative estimate of drug-likeness (QED) is 0.621. The number of nitrogens with two attached hydrogens (primary N) is 1. The molecule has 0 aliphatic heterocycles.